The van der Waals surface area contributed by atoms with Gasteiger partial charge in [0.25, 0.3) is 0 Å². The van der Waals surface area contributed by atoms with Gasteiger partial charge in [0.05, 0.1) is 18.1 Å². The number of methoxy groups -OCH3 is 1. The van der Waals surface area contributed by atoms with Gasteiger partial charge >= 0.3 is 0 Å². The van der Waals surface area contributed by atoms with E-state index in [-0.39, 0.29) is 23.8 Å². The second-order valence-corrected chi connectivity index (χ2v) is 7.32. The molecule has 2 aromatic carbocycles. The van der Waals surface area contributed by atoms with Crippen molar-refractivity contribution in [3.8, 4) is 11.5 Å². The number of hydrogen-bond acceptors (Lipinski definition) is 6. The van der Waals surface area contributed by atoms with E-state index in [9.17, 15) is 13.5 Å². The Bertz CT molecular complexity index is 845. The molecule has 2 rings (SSSR count). The Balaban J connectivity index is 0.00000364. The van der Waals surface area contributed by atoms with Gasteiger partial charge in [0.2, 0.25) is 10.0 Å². The molecule has 0 saturated heterocycles. The monoisotopic (exact) mass is 416 g/mol. The van der Waals surface area contributed by atoms with E-state index in [1.807, 2.05) is 24.3 Å². The van der Waals surface area contributed by atoms with E-state index in [1.54, 1.807) is 26.2 Å². The summed E-state index contributed by atoms with van der Waals surface area (Å²) >= 11 is 0. The standard InChI is InChI=1S/C18H24N2O5S.ClH/c1-13-7-8-14(11-18(13)26(19,22)23)15(21)12-20-9-10-25-17-6-4-3-5-16(17)24-2;/h3-8,11,15,20-21H,9-10,12H2,1-2H3,(H2,19,22,23);1H/t15-;/m0./s1. The first-order chi connectivity index (χ1) is 12.3. The van der Waals surface area contributed by atoms with Crippen molar-refractivity contribution < 1.29 is 23.0 Å². The molecule has 0 amide bonds. The molecule has 150 valence electrons. The Kier molecular flexibility index (Phi) is 9.01. The van der Waals surface area contributed by atoms with Gasteiger partial charge in [-0.2, -0.15) is 0 Å². The maximum Gasteiger partial charge on any atom is 0.238 e. The van der Waals surface area contributed by atoms with Gasteiger partial charge in [-0.05, 0) is 36.2 Å². The van der Waals surface area contributed by atoms with Crippen LogP contribution in [-0.4, -0.2) is 40.3 Å². The number of nitrogens with one attached hydrogen (secondary N) is 1. The third-order valence-corrected chi connectivity index (χ3v) is 4.90. The number of benzene rings is 2. The molecule has 9 heteroatoms. The maximum absolute atomic E-state index is 11.6. The third kappa shape index (κ3) is 6.67. The quantitative estimate of drug-likeness (QED) is 0.537. The van der Waals surface area contributed by atoms with Crippen molar-refractivity contribution in [1.29, 1.82) is 0 Å². The highest BCUT2D eigenvalue weighted by Crippen LogP contribution is 2.25. The summed E-state index contributed by atoms with van der Waals surface area (Å²) in [6.07, 6.45) is -0.859. The molecule has 0 heterocycles. The minimum atomic E-state index is -3.82. The summed E-state index contributed by atoms with van der Waals surface area (Å²) in [5.74, 6) is 1.30. The molecule has 27 heavy (non-hydrogen) atoms. The molecule has 0 aromatic heterocycles. The SMILES string of the molecule is COc1ccccc1OCCNC[C@H](O)c1ccc(C)c(S(N)(=O)=O)c1.Cl. The summed E-state index contributed by atoms with van der Waals surface area (Å²) in [5, 5.41) is 18.5. The lowest BCUT2D eigenvalue weighted by Crippen LogP contribution is -2.26. The number of ether oxygens (including phenoxy) is 2. The van der Waals surface area contributed by atoms with Crippen LogP contribution in [0.2, 0.25) is 0 Å². The highest BCUT2D eigenvalue weighted by Gasteiger charge is 2.15. The molecule has 0 radical (unpaired) electrons. The smallest absolute Gasteiger partial charge is 0.238 e. The Labute approximate surface area is 166 Å². The number of rotatable bonds is 9. The number of sulfonamides is 1. The van der Waals surface area contributed by atoms with Crippen LogP contribution in [0.1, 0.15) is 17.2 Å². The average Bonchev–Trinajstić information content (AvgIpc) is 2.61. The second kappa shape index (κ2) is 10.5. The zero-order chi connectivity index (χ0) is 19.2. The molecule has 0 spiro atoms. The van der Waals surface area contributed by atoms with Gasteiger partial charge in [-0.15, -0.1) is 12.4 Å². The molecular weight excluding hydrogens is 392 g/mol. The van der Waals surface area contributed by atoms with Crippen molar-refractivity contribution in [1.82, 2.24) is 5.32 Å². The topological polar surface area (TPSA) is 111 Å². The van der Waals surface area contributed by atoms with Crippen molar-refractivity contribution in [3.63, 3.8) is 0 Å². The van der Waals surface area contributed by atoms with Gasteiger partial charge in [-0.1, -0.05) is 24.3 Å². The summed E-state index contributed by atoms with van der Waals surface area (Å²) in [7, 11) is -2.24. The van der Waals surface area contributed by atoms with E-state index < -0.39 is 16.1 Å². The van der Waals surface area contributed by atoms with Crippen LogP contribution in [-0.2, 0) is 10.0 Å². The number of hydrogen-bond donors (Lipinski definition) is 3. The molecule has 0 fully saturated rings. The summed E-state index contributed by atoms with van der Waals surface area (Å²) in [5.41, 5.74) is 1.03. The van der Waals surface area contributed by atoms with Crippen LogP contribution in [0.3, 0.4) is 0 Å². The van der Waals surface area contributed by atoms with Crippen molar-refractivity contribution >= 4 is 22.4 Å². The molecular formula is C18H25ClN2O5S. The van der Waals surface area contributed by atoms with E-state index in [1.165, 1.54) is 6.07 Å². The van der Waals surface area contributed by atoms with Crippen LogP contribution in [0.4, 0.5) is 0 Å². The molecule has 0 aliphatic carbocycles. The molecule has 2 aromatic rings. The van der Waals surface area contributed by atoms with Crippen molar-refractivity contribution in [2.24, 2.45) is 5.14 Å². The minimum absolute atomic E-state index is 0. The molecule has 1 atom stereocenters. The predicted molar refractivity (Wildman–Crippen MR) is 106 cm³/mol. The maximum atomic E-state index is 11.6. The molecule has 0 saturated carbocycles. The zero-order valence-electron chi connectivity index (χ0n) is 15.2. The number of para-hydroxylation sites is 2. The zero-order valence-corrected chi connectivity index (χ0v) is 16.8. The summed E-state index contributed by atoms with van der Waals surface area (Å²) in [6, 6.07) is 12.1. The summed E-state index contributed by atoms with van der Waals surface area (Å²) < 4.78 is 34.0. The number of nitrogens with two attached hydrogens (primary N) is 1. The normalized spacial score (nSPS) is 12.1. The van der Waals surface area contributed by atoms with Gasteiger partial charge < -0.3 is 19.9 Å². The fraction of sp³-hybridized carbons (Fsp3) is 0.333. The van der Waals surface area contributed by atoms with Gasteiger partial charge in [0.1, 0.15) is 6.61 Å². The lowest BCUT2D eigenvalue weighted by Gasteiger charge is -2.15. The Morgan fingerprint density at radius 1 is 1.19 bits per heavy atom. The Morgan fingerprint density at radius 2 is 1.85 bits per heavy atom. The fourth-order valence-electron chi connectivity index (χ4n) is 2.46. The van der Waals surface area contributed by atoms with Crippen LogP contribution in [0, 0.1) is 6.92 Å². The number of primary sulfonamides is 1. The van der Waals surface area contributed by atoms with E-state index in [2.05, 4.69) is 5.32 Å². The number of aliphatic hydroxyl groups excluding tert-OH is 1. The number of aliphatic hydroxyl groups is 1. The van der Waals surface area contributed by atoms with E-state index in [4.69, 9.17) is 14.6 Å². The number of aryl methyl sites for hydroxylation is 1. The van der Waals surface area contributed by atoms with Crippen molar-refractivity contribution in [2.75, 3.05) is 26.8 Å². The first kappa shape index (κ1) is 23.2. The number of halogens is 1. The molecule has 0 unspecified atom stereocenters. The largest absolute Gasteiger partial charge is 0.493 e. The van der Waals surface area contributed by atoms with Crippen LogP contribution in [0.5, 0.6) is 11.5 Å². The van der Waals surface area contributed by atoms with E-state index in [0.717, 1.165) is 0 Å². The van der Waals surface area contributed by atoms with Gasteiger partial charge in [0.15, 0.2) is 11.5 Å². The van der Waals surface area contributed by atoms with Crippen molar-refractivity contribution in [2.45, 2.75) is 17.9 Å². The van der Waals surface area contributed by atoms with Crippen LogP contribution in [0.25, 0.3) is 0 Å². The highest BCUT2D eigenvalue weighted by molar-refractivity contribution is 7.89. The summed E-state index contributed by atoms with van der Waals surface area (Å²) in [6.45, 7) is 2.80. The fourth-order valence-corrected chi connectivity index (χ4v) is 3.28. The average molecular weight is 417 g/mol. The van der Waals surface area contributed by atoms with Gasteiger partial charge in [-0.25, -0.2) is 13.6 Å². The van der Waals surface area contributed by atoms with E-state index in [0.29, 0.717) is 35.8 Å². The highest BCUT2D eigenvalue weighted by atomic mass is 35.5. The lowest BCUT2D eigenvalue weighted by molar-refractivity contribution is 0.171. The van der Waals surface area contributed by atoms with Crippen molar-refractivity contribution in [3.05, 3.63) is 53.6 Å². The lowest BCUT2D eigenvalue weighted by atomic mass is 10.1. The molecule has 4 N–H and O–H groups in total. The molecule has 7 nitrogen and oxygen atoms in total. The van der Waals surface area contributed by atoms with E-state index >= 15 is 0 Å². The van der Waals surface area contributed by atoms with Gasteiger partial charge in [0, 0.05) is 13.1 Å². The van der Waals surface area contributed by atoms with Crippen LogP contribution >= 0.6 is 12.4 Å². The third-order valence-electron chi connectivity index (χ3n) is 3.85. The second-order valence-electron chi connectivity index (χ2n) is 5.79. The first-order valence-electron chi connectivity index (χ1n) is 8.11. The minimum Gasteiger partial charge on any atom is -0.493 e. The van der Waals surface area contributed by atoms with Crippen LogP contribution in [0.15, 0.2) is 47.4 Å². The molecule has 0 aliphatic rings. The molecule has 0 aliphatic heterocycles. The van der Waals surface area contributed by atoms with Crippen LogP contribution < -0.4 is 19.9 Å². The molecule has 0 bridgehead atoms. The Hall–Kier alpha value is -1.84. The first-order valence-corrected chi connectivity index (χ1v) is 9.65. The predicted octanol–water partition coefficient (Wildman–Crippen LogP) is 1.77. The Morgan fingerprint density at radius 3 is 2.48 bits per heavy atom. The summed E-state index contributed by atoms with van der Waals surface area (Å²) in [4.78, 5) is 0.0218. The van der Waals surface area contributed by atoms with Gasteiger partial charge in [-0.3, -0.25) is 0 Å².